The second-order valence-electron chi connectivity index (χ2n) is 8.19. The number of aryl methyl sites for hydroxylation is 3. The molecule has 6 nitrogen and oxygen atoms in total. The number of para-hydroxylation sites is 1. The van der Waals surface area contributed by atoms with Crippen molar-refractivity contribution in [2.24, 2.45) is 0 Å². The molecule has 0 bridgehead atoms. The molecule has 30 heavy (non-hydrogen) atoms. The summed E-state index contributed by atoms with van der Waals surface area (Å²) < 4.78 is 11.5. The van der Waals surface area contributed by atoms with Gasteiger partial charge in [-0.3, -0.25) is 4.79 Å². The number of nitrogens with one attached hydrogen (secondary N) is 1. The van der Waals surface area contributed by atoms with Gasteiger partial charge in [0.1, 0.15) is 17.1 Å². The van der Waals surface area contributed by atoms with E-state index in [0.29, 0.717) is 30.9 Å². The molecule has 162 valence electrons. The smallest absolute Gasteiger partial charge is 0.349 e. The highest BCUT2D eigenvalue weighted by Crippen LogP contribution is 2.24. The van der Waals surface area contributed by atoms with Gasteiger partial charge in [0.15, 0.2) is 0 Å². The molecule has 0 aliphatic carbocycles. The third kappa shape index (κ3) is 5.11. The number of rotatable bonds is 7. The summed E-state index contributed by atoms with van der Waals surface area (Å²) in [5, 5.41) is 3.33. The van der Waals surface area contributed by atoms with E-state index in [1.807, 2.05) is 45.0 Å². The number of ether oxygens (including phenoxy) is 1. The summed E-state index contributed by atoms with van der Waals surface area (Å²) in [5.74, 6) is 1.46. The Balaban J connectivity index is 1.59. The number of piperidine rings is 1. The molecule has 1 aliphatic rings. The summed E-state index contributed by atoms with van der Waals surface area (Å²) >= 11 is 0. The maximum absolute atomic E-state index is 12.9. The first-order chi connectivity index (χ1) is 14.4. The van der Waals surface area contributed by atoms with Crippen LogP contribution in [-0.2, 0) is 0 Å². The van der Waals surface area contributed by atoms with Crippen molar-refractivity contribution >= 4 is 5.91 Å². The number of carbonyl (C=O) groups is 1. The zero-order valence-corrected chi connectivity index (χ0v) is 18.4. The van der Waals surface area contributed by atoms with Crippen LogP contribution in [0.2, 0.25) is 0 Å². The molecule has 1 amide bonds. The zero-order chi connectivity index (χ0) is 21.7. The molecule has 0 saturated carbocycles. The van der Waals surface area contributed by atoms with E-state index in [1.165, 1.54) is 0 Å². The first-order valence-corrected chi connectivity index (χ1v) is 10.7. The second-order valence-corrected chi connectivity index (χ2v) is 8.19. The molecule has 6 heteroatoms. The van der Waals surface area contributed by atoms with Crippen molar-refractivity contribution in [3.8, 4) is 5.75 Å². The van der Waals surface area contributed by atoms with Gasteiger partial charge in [-0.25, -0.2) is 4.79 Å². The van der Waals surface area contributed by atoms with Crippen LogP contribution in [0.25, 0.3) is 0 Å². The molecular formula is C24H32N2O4. The lowest BCUT2D eigenvalue weighted by Crippen LogP contribution is -2.34. The number of carbonyl (C=O) groups excluding carboxylic acids is 1. The van der Waals surface area contributed by atoms with Gasteiger partial charge in [-0.15, -0.1) is 0 Å². The van der Waals surface area contributed by atoms with Crippen molar-refractivity contribution in [3.05, 3.63) is 62.7 Å². The average Bonchev–Trinajstić information content (AvgIpc) is 2.72. The molecule has 1 atom stereocenters. The third-order valence-corrected chi connectivity index (χ3v) is 5.72. The van der Waals surface area contributed by atoms with Crippen molar-refractivity contribution in [1.82, 2.24) is 10.2 Å². The average molecular weight is 413 g/mol. The maximum atomic E-state index is 12.9. The van der Waals surface area contributed by atoms with Crippen molar-refractivity contribution in [2.75, 3.05) is 33.3 Å². The van der Waals surface area contributed by atoms with Gasteiger partial charge in [0.2, 0.25) is 0 Å². The Hall–Kier alpha value is -2.60. The normalized spacial score (nSPS) is 16.3. The van der Waals surface area contributed by atoms with Gasteiger partial charge in [0.05, 0.1) is 6.61 Å². The quantitative estimate of drug-likeness (QED) is 0.704. The minimum absolute atomic E-state index is 0.126. The topological polar surface area (TPSA) is 71.8 Å². The van der Waals surface area contributed by atoms with Crippen LogP contribution in [0, 0.1) is 20.8 Å². The number of benzene rings is 1. The minimum Gasteiger partial charge on any atom is -0.493 e. The van der Waals surface area contributed by atoms with Gasteiger partial charge in [-0.1, -0.05) is 18.2 Å². The van der Waals surface area contributed by atoms with Gasteiger partial charge < -0.3 is 19.4 Å². The van der Waals surface area contributed by atoms with Crippen molar-refractivity contribution in [3.63, 3.8) is 0 Å². The molecule has 1 unspecified atom stereocenters. The van der Waals surface area contributed by atoms with E-state index in [1.54, 1.807) is 11.9 Å². The number of hydrogen-bond donors (Lipinski definition) is 1. The Kier molecular flexibility index (Phi) is 7.32. The summed E-state index contributed by atoms with van der Waals surface area (Å²) in [4.78, 5) is 27.0. The van der Waals surface area contributed by atoms with Crippen molar-refractivity contribution in [2.45, 2.75) is 46.0 Å². The fourth-order valence-electron chi connectivity index (χ4n) is 3.98. The van der Waals surface area contributed by atoms with E-state index >= 15 is 0 Å². The highest BCUT2D eigenvalue weighted by Gasteiger charge is 2.24. The highest BCUT2D eigenvalue weighted by molar-refractivity contribution is 5.94. The fourth-order valence-corrected chi connectivity index (χ4v) is 3.98. The van der Waals surface area contributed by atoms with Gasteiger partial charge in [-0.2, -0.15) is 0 Å². The number of hydrogen-bond acceptors (Lipinski definition) is 5. The van der Waals surface area contributed by atoms with E-state index < -0.39 is 5.63 Å². The minimum atomic E-state index is -0.542. The van der Waals surface area contributed by atoms with Crippen LogP contribution in [-0.4, -0.2) is 44.1 Å². The summed E-state index contributed by atoms with van der Waals surface area (Å²) in [6, 6.07) is 7.90. The second kappa shape index (κ2) is 9.94. The van der Waals surface area contributed by atoms with Crippen molar-refractivity contribution in [1.29, 1.82) is 0 Å². The molecule has 1 aromatic heterocycles. The Morgan fingerprint density at radius 2 is 1.97 bits per heavy atom. The van der Waals surface area contributed by atoms with Crippen LogP contribution >= 0.6 is 0 Å². The molecule has 1 aliphatic heterocycles. The number of nitrogens with zero attached hydrogens (tertiary/aromatic N) is 1. The largest absolute Gasteiger partial charge is 0.493 e. The molecule has 1 aromatic carbocycles. The maximum Gasteiger partial charge on any atom is 0.349 e. The predicted molar refractivity (Wildman–Crippen MR) is 118 cm³/mol. The predicted octanol–water partition coefficient (Wildman–Crippen LogP) is 3.57. The Morgan fingerprint density at radius 1 is 1.23 bits per heavy atom. The molecule has 3 rings (SSSR count). The lowest BCUT2D eigenvalue weighted by atomic mass is 9.95. The van der Waals surface area contributed by atoms with Crippen LogP contribution < -0.4 is 15.7 Å². The van der Waals surface area contributed by atoms with Gasteiger partial charge >= 0.3 is 5.63 Å². The summed E-state index contributed by atoms with van der Waals surface area (Å²) in [6.07, 6.45) is 2.72. The molecule has 1 N–H and O–H groups in total. The molecular weight excluding hydrogens is 380 g/mol. The standard InChI is InChI=1S/C24H32N2O4/c1-16-8-5-9-17(2)22(16)29-13-7-12-26(4)23(27)21-18(3)14-20(30-24(21)28)19-10-6-11-25-15-19/h5,8-9,14,19,25H,6-7,10-13,15H2,1-4H3. The molecule has 1 fully saturated rings. The van der Waals surface area contributed by atoms with Crippen LogP contribution in [0.1, 0.15) is 58.0 Å². The zero-order valence-electron chi connectivity index (χ0n) is 18.4. The molecule has 2 heterocycles. The Morgan fingerprint density at radius 3 is 2.60 bits per heavy atom. The highest BCUT2D eigenvalue weighted by atomic mass is 16.5. The number of amides is 1. The molecule has 0 radical (unpaired) electrons. The van der Waals surface area contributed by atoms with Crippen LogP contribution in [0.5, 0.6) is 5.75 Å². The first kappa shape index (κ1) is 22.1. The van der Waals surface area contributed by atoms with E-state index in [0.717, 1.165) is 42.8 Å². The summed E-state index contributed by atoms with van der Waals surface area (Å²) in [7, 11) is 1.71. The van der Waals surface area contributed by atoms with E-state index in [2.05, 4.69) is 5.32 Å². The monoisotopic (exact) mass is 412 g/mol. The first-order valence-electron chi connectivity index (χ1n) is 10.7. The van der Waals surface area contributed by atoms with Crippen LogP contribution in [0.3, 0.4) is 0 Å². The van der Waals surface area contributed by atoms with E-state index in [9.17, 15) is 9.59 Å². The van der Waals surface area contributed by atoms with Crippen LogP contribution in [0.15, 0.2) is 33.5 Å². The van der Waals surface area contributed by atoms with Crippen molar-refractivity contribution < 1.29 is 13.9 Å². The molecule has 0 spiro atoms. The van der Waals surface area contributed by atoms with E-state index in [-0.39, 0.29) is 17.4 Å². The van der Waals surface area contributed by atoms with Gasteiger partial charge in [0.25, 0.3) is 5.91 Å². The lowest BCUT2D eigenvalue weighted by Gasteiger charge is -2.22. The van der Waals surface area contributed by atoms with E-state index in [4.69, 9.17) is 9.15 Å². The fraction of sp³-hybridized carbons (Fsp3) is 0.500. The summed E-state index contributed by atoms with van der Waals surface area (Å²) in [6.45, 7) is 8.65. The SMILES string of the molecule is Cc1cccc(C)c1OCCCN(C)C(=O)c1c(C)cc(C2CCCNC2)oc1=O. The summed E-state index contributed by atoms with van der Waals surface area (Å²) in [5.41, 5.74) is 2.46. The molecule has 1 saturated heterocycles. The lowest BCUT2D eigenvalue weighted by molar-refractivity contribution is 0.0781. The Bertz CT molecular complexity index is 924. The van der Waals surface area contributed by atoms with Gasteiger partial charge in [0, 0.05) is 26.1 Å². The molecule has 2 aromatic rings. The van der Waals surface area contributed by atoms with Gasteiger partial charge in [-0.05, 0) is 69.3 Å². The third-order valence-electron chi connectivity index (χ3n) is 5.72. The van der Waals surface area contributed by atoms with Crippen LogP contribution in [0.4, 0.5) is 0 Å². The Labute approximate surface area is 178 Å².